The van der Waals surface area contributed by atoms with Crippen LogP contribution < -0.4 is 11.3 Å². The molecule has 0 aliphatic heterocycles. The Hall–Kier alpha value is -1.37. The number of halogens is 3. The zero-order chi connectivity index (χ0) is 13.8. The molecule has 0 saturated carbocycles. The van der Waals surface area contributed by atoms with Gasteiger partial charge in [0.15, 0.2) is 0 Å². The minimum atomic E-state index is -0.655. The monoisotopic (exact) mass is 327 g/mol. The third-order valence-corrected chi connectivity index (χ3v) is 3.21. The van der Waals surface area contributed by atoms with Crippen molar-refractivity contribution in [1.82, 2.24) is 10.4 Å². The van der Waals surface area contributed by atoms with E-state index in [1.165, 1.54) is 12.1 Å². The van der Waals surface area contributed by atoms with Crippen molar-refractivity contribution in [2.24, 2.45) is 5.84 Å². The zero-order valence-corrected chi connectivity index (χ0v) is 11.5. The highest BCUT2D eigenvalue weighted by Gasteiger charge is 2.20. The third kappa shape index (κ3) is 3.34. The van der Waals surface area contributed by atoms with Gasteiger partial charge in [0, 0.05) is 22.4 Å². The molecule has 0 radical (unpaired) electrons. The van der Waals surface area contributed by atoms with Crippen LogP contribution in [0.1, 0.15) is 17.2 Å². The van der Waals surface area contributed by atoms with Crippen LogP contribution in [0, 0.1) is 11.6 Å². The molecule has 3 nitrogen and oxygen atoms in total. The summed E-state index contributed by atoms with van der Waals surface area (Å²) in [4.78, 5) is 3.96. The number of hydrogen-bond donors (Lipinski definition) is 2. The predicted molar refractivity (Wildman–Crippen MR) is 72.1 cm³/mol. The number of hydrogen-bond acceptors (Lipinski definition) is 3. The first-order valence-corrected chi connectivity index (χ1v) is 6.40. The lowest BCUT2D eigenvalue weighted by Gasteiger charge is -2.18. The maximum atomic E-state index is 13.9. The van der Waals surface area contributed by atoms with Gasteiger partial charge in [-0.15, -0.1) is 0 Å². The van der Waals surface area contributed by atoms with Crippen molar-refractivity contribution in [1.29, 1.82) is 0 Å². The van der Waals surface area contributed by atoms with Crippen LogP contribution in [0.25, 0.3) is 0 Å². The summed E-state index contributed by atoms with van der Waals surface area (Å²) in [5.41, 5.74) is 3.21. The second-order valence-corrected chi connectivity index (χ2v) is 4.98. The Morgan fingerprint density at radius 1 is 1.32 bits per heavy atom. The Balaban J connectivity index is 2.32. The standard InChI is InChI=1S/C13H12BrF2N3/c14-9-5-10(15)13(11(16)6-9)12(19-17)4-8-2-1-3-18-7-8/h1-3,5-7,12,19H,4,17H2. The van der Waals surface area contributed by atoms with Gasteiger partial charge in [0.05, 0.1) is 6.04 Å². The van der Waals surface area contributed by atoms with Gasteiger partial charge in [0.2, 0.25) is 0 Å². The van der Waals surface area contributed by atoms with Crippen molar-refractivity contribution >= 4 is 15.9 Å². The summed E-state index contributed by atoms with van der Waals surface area (Å²) < 4.78 is 28.1. The number of pyridine rings is 1. The minimum Gasteiger partial charge on any atom is -0.271 e. The Kier molecular flexibility index (Phi) is 4.57. The fourth-order valence-corrected chi connectivity index (χ4v) is 2.29. The van der Waals surface area contributed by atoms with Crippen LogP contribution in [-0.4, -0.2) is 4.98 Å². The number of rotatable bonds is 4. The van der Waals surface area contributed by atoms with Crippen LogP contribution in [-0.2, 0) is 6.42 Å². The molecular weight excluding hydrogens is 316 g/mol. The lowest BCUT2D eigenvalue weighted by atomic mass is 9.99. The summed E-state index contributed by atoms with van der Waals surface area (Å²) in [5.74, 6) is 4.13. The highest BCUT2D eigenvalue weighted by molar-refractivity contribution is 9.10. The first-order valence-electron chi connectivity index (χ1n) is 5.61. The quantitative estimate of drug-likeness (QED) is 0.670. The van der Waals surface area contributed by atoms with Gasteiger partial charge in [-0.25, -0.2) is 8.78 Å². The van der Waals surface area contributed by atoms with Crippen molar-refractivity contribution < 1.29 is 8.78 Å². The van der Waals surface area contributed by atoms with Gasteiger partial charge in [-0.3, -0.25) is 16.3 Å². The van der Waals surface area contributed by atoms with E-state index in [0.717, 1.165) is 5.56 Å². The third-order valence-electron chi connectivity index (χ3n) is 2.76. The number of aromatic nitrogens is 1. The van der Waals surface area contributed by atoms with E-state index in [1.807, 2.05) is 6.07 Å². The van der Waals surface area contributed by atoms with Crippen LogP contribution in [0.5, 0.6) is 0 Å². The van der Waals surface area contributed by atoms with E-state index in [9.17, 15) is 8.78 Å². The molecule has 100 valence electrons. The molecular formula is C13H12BrF2N3. The van der Waals surface area contributed by atoms with E-state index >= 15 is 0 Å². The van der Waals surface area contributed by atoms with Gasteiger partial charge in [0.1, 0.15) is 11.6 Å². The summed E-state index contributed by atoms with van der Waals surface area (Å²) in [5, 5.41) is 0. The van der Waals surface area contributed by atoms with Crippen molar-refractivity contribution in [3.8, 4) is 0 Å². The van der Waals surface area contributed by atoms with Gasteiger partial charge in [-0.2, -0.15) is 0 Å². The summed E-state index contributed by atoms with van der Waals surface area (Å²) in [6, 6.07) is 5.36. The number of nitrogens with zero attached hydrogens (tertiary/aromatic N) is 1. The molecule has 0 bridgehead atoms. The number of hydrazine groups is 1. The summed E-state index contributed by atoms with van der Waals surface area (Å²) in [7, 11) is 0. The Morgan fingerprint density at radius 2 is 2.00 bits per heavy atom. The van der Waals surface area contributed by atoms with E-state index in [0.29, 0.717) is 10.9 Å². The van der Waals surface area contributed by atoms with Crippen LogP contribution in [0.2, 0.25) is 0 Å². The largest absolute Gasteiger partial charge is 0.271 e. The molecule has 0 aliphatic carbocycles. The van der Waals surface area contributed by atoms with E-state index in [-0.39, 0.29) is 5.56 Å². The molecule has 0 saturated heterocycles. The Morgan fingerprint density at radius 3 is 2.53 bits per heavy atom. The maximum Gasteiger partial charge on any atom is 0.132 e. The fourth-order valence-electron chi connectivity index (χ4n) is 1.89. The van der Waals surface area contributed by atoms with Gasteiger partial charge >= 0.3 is 0 Å². The van der Waals surface area contributed by atoms with Crippen molar-refractivity contribution in [3.05, 3.63) is 63.9 Å². The smallest absolute Gasteiger partial charge is 0.132 e. The highest BCUT2D eigenvalue weighted by atomic mass is 79.9. The van der Waals surface area contributed by atoms with Crippen LogP contribution in [0.15, 0.2) is 41.1 Å². The predicted octanol–water partition coefficient (Wildman–Crippen LogP) is 2.87. The van der Waals surface area contributed by atoms with E-state index in [1.54, 1.807) is 18.5 Å². The van der Waals surface area contributed by atoms with E-state index < -0.39 is 17.7 Å². The van der Waals surface area contributed by atoms with Crippen LogP contribution >= 0.6 is 15.9 Å². The minimum absolute atomic E-state index is 0.0745. The molecule has 1 aromatic heterocycles. The van der Waals surface area contributed by atoms with E-state index in [4.69, 9.17) is 5.84 Å². The molecule has 2 rings (SSSR count). The molecule has 0 amide bonds. The molecule has 0 spiro atoms. The summed E-state index contributed by atoms with van der Waals surface area (Å²) in [6.45, 7) is 0. The van der Waals surface area contributed by atoms with Crippen LogP contribution in [0.4, 0.5) is 8.78 Å². The highest BCUT2D eigenvalue weighted by Crippen LogP contribution is 2.26. The molecule has 1 aromatic carbocycles. The summed E-state index contributed by atoms with van der Waals surface area (Å²) >= 11 is 3.04. The molecule has 1 heterocycles. The number of nitrogens with two attached hydrogens (primary N) is 1. The molecule has 0 fully saturated rings. The first kappa shape index (κ1) is 14.0. The average Bonchev–Trinajstić information content (AvgIpc) is 2.37. The van der Waals surface area contributed by atoms with Gasteiger partial charge in [0.25, 0.3) is 0 Å². The average molecular weight is 328 g/mol. The second kappa shape index (κ2) is 6.18. The molecule has 2 aromatic rings. The molecule has 1 atom stereocenters. The SMILES string of the molecule is NNC(Cc1cccnc1)c1c(F)cc(Br)cc1F. The van der Waals surface area contributed by atoms with Crippen LogP contribution in [0.3, 0.4) is 0 Å². The number of nitrogens with one attached hydrogen (secondary N) is 1. The molecule has 6 heteroatoms. The Bertz CT molecular complexity index is 540. The molecule has 19 heavy (non-hydrogen) atoms. The van der Waals surface area contributed by atoms with Gasteiger partial charge in [-0.05, 0) is 30.2 Å². The van der Waals surface area contributed by atoms with Crippen molar-refractivity contribution in [2.75, 3.05) is 0 Å². The first-order chi connectivity index (χ1) is 9.11. The lowest BCUT2D eigenvalue weighted by molar-refractivity contribution is 0.472. The number of benzene rings is 1. The molecule has 0 aliphatic rings. The maximum absolute atomic E-state index is 13.9. The van der Waals surface area contributed by atoms with Crippen molar-refractivity contribution in [2.45, 2.75) is 12.5 Å². The second-order valence-electron chi connectivity index (χ2n) is 4.07. The lowest BCUT2D eigenvalue weighted by Crippen LogP contribution is -2.31. The fraction of sp³-hybridized carbons (Fsp3) is 0.154. The topological polar surface area (TPSA) is 50.9 Å². The molecule has 1 unspecified atom stereocenters. The summed E-state index contributed by atoms with van der Waals surface area (Å²) in [6.07, 6.45) is 3.62. The zero-order valence-electron chi connectivity index (χ0n) is 9.91. The van der Waals surface area contributed by atoms with Crippen molar-refractivity contribution in [3.63, 3.8) is 0 Å². The van der Waals surface area contributed by atoms with Gasteiger partial charge in [-0.1, -0.05) is 22.0 Å². The molecule has 3 N–H and O–H groups in total. The normalized spacial score (nSPS) is 12.4. The van der Waals surface area contributed by atoms with E-state index in [2.05, 4.69) is 26.3 Å². The van der Waals surface area contributed by atoms with Gasteiger partial charge < -0.3 is 0 Å². The Labute approximate surface area is 117 Å².